The van der Waals surface area contributed by atoms with E-state index in [1.807, 2.05) is 0 Å². The molecule has 1 aromatic rings. The number of hydrogen-bond acceptors (Lipinski definition) is 4. The van der Waals surface area contributed by atoms with E-state index in [2.05, 4.69) is 4.74 Å². The maximum absolute atomic E-state index is 13.3. The number of esters is 1. The molecule has 0 amide bonds. The molecule has 0 spiro atoms. The lowest BCUT2D eigenvalue weighted by Crippen LogP contribution is -2.40. The van der Waals surface area contributed by atoms with E-state index in [1.165, 1.54) is 6.92 Å². The molecule has 0 bridgehead atoms. The van der Waals surface area contributed by atoms with Crippen molar-refractivity contribution in [3.8, 4) is 0 Å². The smallest absolute Gasteiger partial charge is 0.400 e. The fourth-order valence-corrected chi connectivity index (χ4v) is 1.92. The third-order valence-electron chi connectivity index (χ3n) is 2.00. The average Bonchev–Trinajstić information content (AvgIpc) is 2.37. The van der Waals surface area contributed by atoms with Crippen molar-refractivity contribution < 1.29 is 23.1 Å². The second-order valence-corrected chi connectivity index (χ2v) is 4.37. The van der Waals surface area contributed by atoms with Crippen molar-refractivity contribution in [1.29, 1.82) is 0 Å². The number of alkyl halides is 2. The minimum absolute atomic E-state index is 0.187. The van der Waals surface area contributed by atoms with Gasteiger partial charge in [0.2, 0.25) is 5.78 Å². The van der Waals surface area contributed by atoms with Crippen LogP contribution in [-0.4, -0.2) is 30.0 Å². The van der Waals surface area contributed by atoms with Gasteiger partial charge in [0.1, 0.15) is 0 Å². The largest absolute Gasteiger partial charge is 0.461 e. The van der Waals surface area contributed by atoms with E-state index in [4.69, 9.17) is 0 Å². The molecule has 18 heavy (non-hydrogen) atoms. The first-order valence-electron chi connectivity index (χ1n) is 5.24. The summed E-state index contributed by atoms with van der Waals surface area (Å²) < 4.78 is 30.7. The van der Waals surface area contributed by atoms with Gasteiger partial charge in [-0.15, -0.1) is 11.8 Å². The van der Waals surface area contributed by atoms with Crippen LogP contribution >= 0.6 is 11.8 Å². The predicted octanol–water partition coefficient (Wildman–Crippen LogP) is 2.55. The fraction of sp³-hybridized carbons (Fsp3) is 0.333. The second kappa shape index (κ2) is 6.49. The van der Waals surface area contributed by atoms with E-state index in [0.29, 0.717) is 4.90 Å². The normalized spacial score (nSPS) is 11.1. The molecule has 0 saturated carbocycles. The summed E-state index contributed by atoms with van der Waals surface area (Å²) in [6.07, 6.45) is 0. The van der Waals surface area contributed by atoms with E-state index in [-0.39, 0.29) is 6.61 Å². The van der Waals surface area contributed by atoms with Crippen LogP contribution in [0.5, 0.6) is 0 Å². The number of thioether (sulfide) groups is 1. The highest BCUT2D eigenvalue weighted by Gasteiger charge is 2.48. The van der Waals surface area contributed by atoms with Gasteiger partial charge in [-0.1, -0.05) is 18.2 Å². The van der Waals surface area contributed by atoms with Gasteiger partial charge in [0.25, 0.3) is 0 Å². The second-order valence-electron chi connectivity index (χ2n) is 3.32. The van der Waals surface area contributed by atoms with Crippen LogP contribution in [0.3, 0.4) is 0 Å². The van der Waals surface area contributed by atoms with Gasteiger partial charge in [0.05, 0.1) is 12.4 Å². The van der Waals surface area contributed by atoms with Gasteiger partial charge in [-0.25, -0.2) is 4.79 Å². The Labute approximate surface area is 108 Å². The molecule has 0 aliphatic heterocycles. The standard InChI is InChI=1S/C12H12F2O3S/c1-2-17-11(16)12(13,14)10(15)8-18-9-6-4-3-5-7-9/h3-7H,2,8H2,1H3. The third kappa shape index (κ3) is 3.80. The van der Waals surface area contributed by atoms with Gasteiger partial charge in [-0.05, 0) is 19.1 Å². The molecule has 0 aliphatic rings. The summed E-state index contributed by atoms with van der Waals surface area (Å²) in [4.78, 5) is 22.9. The van der Waals surface area contributed by atoms with Crippen LogP contribution in [-0.2, 0) is 14.3 Å². The summed E-state index contributed by atoms with van der Waals surface area (Å²) in [5, 5.41) is 0. The molecule has 0 radical (unpaired) electrons. The molecule has 0 unspecified atom stereocenters. The molecule has 6 heteroatoms. The van der Waals surface area contributed by atoms with Crippen molar-refractivity contribution in [2.75, 3.05) is 12.4 Å². The molecule has 98 valence electrons. The molecule has 1 rings (SSSR count). The maximum atomic E-state index is 13.3. The summed E-state index contributed by atoms with van der Waals surface area (Å²) in [6, 6.07) is 8.63. The Hall–Kier alpha value is -1.43. The third-order valence-corrected chi connectivity index (χ3v) is 3.01. The topological polar surface area (TPSA) is 43.4 Å². The zero-order valence-electron chi connectivity index (χ0n) is 9.69. The number of rotatable bonds is 6. The highest BCUT2D eigenvalue weighted by molar-refractivity contribution is 8.00. The number of Topliss-reactive ketones (excluding diaryl/α,β-unsaturated/α-hetero) is 1. The van der Waals surface area contributed by atoms with Crippen LogP contribution in [0.25, 0.3) is 0 Å². The van der Waals surface area contributed by atoms with Crippen LogP contribution in [0.1, 0.15) is 6.92 Å². The molecule has 0 saturated heterocycles. The lowest BCUT2D eigenvalue weighted by Gasteiger charge is -2.12. The van der Waals surface area contributed by atoms with Crippen LogP contribution in [0, 0.1) is 0 Å². The van der Waals surface area contributed by atoms with Crippen LogP contribution < -0.4 is 0 Å². The van der Waals surface area contributed by atoms with Crippen molar-refractivity contribution in [2.24, 2.45) is 0 Å². The van der Waals surface area contributed by atoms with Crippen LogP contribution in [0.15, 0.2) is 35.2 Å². The number of ether oxygens (including phenoxy) is 1. The lowest BCUT2D eigenvalue weighted by molar-refractivity contribution is -0.175. The Kier molecular flexibility index (Phi) is 5.27. The monoisotopic (exact) mass is 274 g/mol. The number of carbonyl (C=O) groups excluding carboxylic acids is 2. The van der Waals surface area contributed by atoms with Gasteiger partial charge in [0.15, 0.2) is 0 Å². The van der Waals surface area contributed by atoms with Crippen molar-refractivity contribution in [3.05, 3.63) is 30.3 Å². The Morgan fingerprint density at radius 1 is 1.28 bits per heavy atom. The van der Waals surface area contributed by atoms with E-state index < -0.39 is 23.4 Å². The van der Waals surface area contributed by atoms with Gasteiger partial charge in [-0.2, -0.15) is 8.78 Å². The zero-order valence-corrected chi connectivity index (χ0v) is 10.5. The molecule has 0 N–H and O–H groups in total. The summed E-state index contributed by atoms with van der Waals surface area (Å²) in [7, 11) is 0. The molecule has 0 atom stereocenters. The number of carbonyl (C=O) groups is 2. The van der Waals surface area contributed by atoms with Crippen LogP contribution in [0.4, 0.5) is 8.78 Å². The molecule has 0 aromatic heterocycles. The minimum Gasteiger partial charge on any atom is -0.461 e. The fourth-order valence-electron chi connectivity index (χ4n) is 1.09. The minimum atomic E-state index is -4.07. The van der Waals surface area contributed by atoms with Gasteiger partial charge in [-0.3, -0.25) is 4.79 Å². The summed E-state index contributed by atoms with van der Waals surface area (Å²) >= 11 is 0.954. The summed E-state index contributed by atoms with van der Waals surface area (Å²) in [5.41, 5.74) is 0. The SMILES string of the molecule is CCOC(=O)C(F)(F)C(=O)CSc1ccccc1. The Balaban J connectivity index is 2.57. The Morgan fingerprint density at radius 2 is 1.89 bits per heavy atom. The van der Waals surface area contributed by atoms with E-state index in [0.717, 1.165) is 11.8 Å². The van der Waals surface area contributed by atoms with Crippen LogP contribution in [0.2, 0.25) is 0 Å². The summed E-state index contributed by atoms with van der Waals surface area (Å²) in [6.45, 7) is 1.21. The maximum Gasteiger partial charge on any atom is 0.400 e. The number of ketones is 1. The first kappa shape index (κ1) is 14.6. The Bertz CT molecular complexity index is 421. The van der Waals surface area contributed by atoms with E-state index >= 15 is 0 Å². The predicted molar refractivity (Wildman–Crippen MR) is 63.8 cm³/mol. The highest BCUT2D eigenvalue weighted by atomic mass is 32.2. The molecule has 0 aliphatic carbocycles. The van der Waals surface area contributed by atoms with Crippen molar-refractivity contribution in [3.63, 3.8) is 0 Å². The van der Waals surface area contributed by atoms with Gasteiger partial charge < -0.3 is 4.74 Å². The molecular weight excluding hydrogens is 262 g/mol. The van der Waals surface area contributed by atoms with Crippen molar-refractivity contribution in [1.82, 2.24) is 0 Å². The first-order valence-corrected chi connectivity index (χ1v) is 6.23. The lowest BCUT2D eigenvalue weighted by atomic mass is 10.2. The van der Waals surface area contributed by atoms with Gasteiger partial charge >= 0.3 is 11.9 Å². The molecule has 3 nitrogen and oxygen atoms in total. The molecule has 0 fully saturated rings. The van der Waals surface area contributed by atoms with E-state index in [1.54, 1.807) is 30.3 Å². The molecular formula is C12H12F2O3S. The molecule has 0 heterocycles. The zero-order chi connectivity index (χ0) is 13.6. The highest BCUT2D eigenvalue weighted by Crippen LogP contribution is 2.23. The number of benzene rings is 1. The van der Waals surface area contributed by atoms with Crippen molar-refractivity contribution >= 4 is 23.5 Å². The molecule has 1 aromatic carbocycles. The Morgan fingerprint density at radius 3 is 2.44 bits per heavy atom. The van der Waals surface area contributed by atoms with Crippen molar-refractivity contribution in [2.45, 2.75) is 17.7 Å². The number of halogens is 2. The van der Waals surface area contributed by atoms with Gasteiger partial charge in [0, 0.05) is 4.90 Å². The first-order chi connectivity index (χ1) is 8.48. The van der Waals surface area contributed by atoms with E-state index in [9.17, 15) is 18.4 Å². The summed E-state index contributed by atoms with van der Waals surface area (Å²) in [5.74, 6) is -7.79. The average molecular weight is 274 g/mol. The number of hydrogen-bond donors (Lipinski definition) is 0. The quantitative estimate of drug-likeness (QED) is 0.454.